The predicted molar refractivity (Wildman–Crippen MR) is 55.3 cm³/mol. The first-order valence-corrected chi connectivity index (χ1v) is 4.67. The van der Waals surface area contributed by atoms with Gasteiger partial charge in [0.25, 0.3) is 0 Å². The van der Waals surface area contributed by atoms with Crippen LogP contribution in [0.25, 0.3) is 0 Å². The van der Waals surface area contributed by atoms with Crippen LogP contribution in [0.2, 0.25) is 5.02 Å². The smallest absolute Gasteiger partial charge is 0.326 e. The Bertz CT molecular complexity index is 342. The summed E-state index contributed by atoms with van der Waals surface area (Å²) in [4.78, 5) is 11.0. The van der Waals surface area contributed by atoms with E-state index in [-0.39, 0.29) is 0 Å². The number of ether oxygens (including phenoxy) is 1. The fourth-order valence-electron chi connectivity index (χ4n) is 1.11. The Balaban J connectivity index is 2.80. The van der Waals surface area contributed by atoms with E-state index in [1.807, 2.05) is 0 Å². The van der Waals surface area contributed by atoms with Crippen molar-refractivity contribution in [2.75, 3.05) is 7.11 Å². The van der Waals surface area contributed by atoms with E-state index in [0.29, 0.717) is 10.6 Å². The normalized spacial score (nSPS) is 14.4. The molecular formula is C10H11ClFNO2. The maximum absolute atomic E-state index is 13.6. The molecule has 0 bridgehead atoms. The first-order valence-electron chi connectivity index (χ1n) is 4.29. The highest BCUT2D eigenvalue weighted by Crippen LogP contribution is 2.22. The standard InChI is InChI=1S/C10H11ClFNO2/c1-15-10(14)9(13)8(12)6-2-4-7(11)5-3-6/h2-5,8-9H,13H2,1H3. The van der Waals surface area contributed by atoms with Gasteiger partial charge in [-0.25, -0.2) is 4.39 Å². The van der Waals surface area contributed by atoms with Crippen molar-refractivity contribution in [2.45, 2.75) is 12.2 Å². The molecule has 5 heteroatoms. The van der Waals surface area contributed by atoms with Crippen LogP contribution in [0.5, 0.6) is 0 Å². The van der Waals surface area contributed by atoms with E-state index < -0.39 is 18.2 Å². The molecule has 0 saturated carbocycles. The Morgan fingerprint density at radius 2 is 2.00 bits per heavy atom. The molecule has 15 heavy (non-hydrogen) atoms. The number of carbonyl (C=O) groups excluding carboxylic acids is 1. The van der Waals surface area contributed by atoms with Gasteiger partial charge in [-0.3, -0.25) is 4.79 Å². The summed E-state index contributed by atoms with van der Waals surface area (Å²) in [6.45, 7) is 0. The number of esters is 1. The number of hydrogen-bond acceptors (Lipinski definition) is 3. The molecule has 0 aliphatic carbocycles. The van der Waals surface area contributed by atoms with Gasteiger partial charge in [-0.2, -0.15) is 0 Å². The Labute approximate surface area is 92.0 Å². The molecule has 0 aliphatic heterocycles. The third kappa shape index (κ3) is 2.91. The van der Waals surface area contributed by atoms with Gasteiger partial charge in [-0.15, -0.1) is 0 Å². The van der Waals surface area contributed by atoms with Gasteiger partial charge in [0.05, 0.1) is 7.11 Å². The lowest BCUT2D eigenvalue weighted by molar-refractivity contribution is -0.143. The highest BCUT2D eigenvalue weighted by atomic mass is 35.5. The fourth-order valence-corrected chi connectivity index (χ4v) is 1.24. The predicted octanol–water partition coefficient (Wildman–Crippen LogP) is 1.85. The Kier molecular flexibility index (Phi) is 4.05. The van der Waals surface area contributed by atoms with Gasteiger partial charge in [0.2, 0.25) is 0 Å². The molecule has 0 saturated heterocycles. The van der Waals surface area contributed by atoms with Gasteiger partial charge in [0.15, 0.2) is 6.17 Å². The van der Waals surface area contributed by atoms with Gasteiger partial charge < -0.3 is 10.5 Å². The molecule has 0 aromatic heterocycles. The summed E-state index contributed by atoms with van der Waals surface area (Å²) in [6.07, 6.45) is -1.59. The molecule has 0 radical (unpaired) electrons. The summed E-state index contributed by atoms with van der Waals surface area (Å²) >= 11 is 5.64. The van der Waals surface area contributed by atoms with E-state index in [1.54, 1.807) is 0 Å². The third-order valence-electron chi connectivity index (χ3n) is 1.98. The SMILES string of the molecule is COC(=O)C(N)C(F)c1ccc(Cl)cc1. The lowest BCUT2D eigenvalue weighted by Crippen LogP contribution is -2.35. The van der Waals surface area contributed by atoms with Crippen molar-refractivity contribution >= 4 is 17.6 Å². The van der Waals surface area contributed by atoms with Crippen LogP contribution >= 0.6 is 11.6 Å². The number of hydrogen-bond donors (Lipinski definition) is 1. The third-order valence-corrected chi connectivity index (χ3v) is 2.23. The van der Waals surface area contributed by atoms with Gasteiger partial charge in [-0.1, -0.05) is 23.7 Å². The number of alkyl halides is 1. The number of benzene rings is 1. The van der Waals surface area contributed by atoms with Gasteiger partial charge in [0, 0.05) is 5.02 Å². The average Bonchev–Trinajstić information content (AvgIpc) is 2.27. The van der Waals surface area contributed by atoms with E-state index in [2.05, 4.69) is 4.74 Å². The van der Waals surface area contributed by atoms with Crippen molar-refractivity contribution in [3.63, 3.8) is 0 Å². The summed E-state index contributed by atoms with van der Waals surface area (Å²) in [5, 5.41) is 0.498. The summed E-state index contributed by atoms with van der Waals surface area (Å²) in [5.74, 6) is -0.780. The molecule has 1 aromatic carbocycles. The second kappa shape index (κ2) is 5.09. The summed E-state index contributed by atoms with van der Waals surface area (Å²) < 4.78 is 18.0. The quantitative estimate of drug-likeness (QED) is 0.808. The van der Waals surface area contributed by atoms with E-state index in [0.717, 1.165) is 7.11 Å². The van der Waals surface area contributed by atoms with Gasteiger partial charge >= 0.3 is 5.97 Å². The summed E-state index contributed by atoms with van der Waals surface area (Å²) in [5.41, 5.74) is 5.66. The number of nitrogens with two attached hydrogens (primary N) is 1. The number of rotatable bonds is 3. The molecule has 3 nitrogen and oxygen atoms in total. The minimum Gasteiger partial charge on any atom is -0.468 e. The molecule has 0 fully saturated rings. The first kappa shape index (κ1) is 11.9. The van der Waals surface area contributed by atoms with Crippen molar-refractivity contribution in [3.05, 3.63) is 34.9 Å². The highest BCUT2D eigenvalue weighted by molar-refractivity contribution is 6.30. The molecule has 82 valence electrons. The molecule has 1 aromatic rings. The molecule has 1 rings (SSSR count). The first-order chi connectivity index (χ1) is 7.06. The van der Waals surface area contributed by atoms with Gasteiger partial charge in [0.1, 0.15) is 6.04 Å². The number of halogens is 2. The second-order valence-corrected chi connectivity index (χ2v) is 3.44. The van der Waals surface area contributed by atoms with Crippen molar-refractivity contribution in [1.29, 1.82) is 0 Å². The topological polar surface area (TPSA) is 52.3 Å². The zero-order chi connectivity index (χ0) is 11.4. The Morgan fingerprint density at radius 3 is 2.47 bits per heavy atom. The monoisotopic (exact) mass is 231 g/mol. The maximum Gasteiger partial charge on any atom is 0.326 e. The fraction of sp³-hybridized carbons (Fsp3) is 0.300. The lowest BCUT2D eigenvalue weighted by Gasteiger charge is -2.14. The minimum absolute atomic E-state index is 0.303. The Morgan fingerprint density at radius 1 is 1.47 bits per heavy atom. The van der Waals surface area contributed by atoms with Crippen LogP contribution in [0, 0.1) is 0 Å². The molecule has 0 heterocycles. The van der Waals surface area contributed by atoms with Crippen LogP contribution in [0.1, 0.15) is 11.7 Å². The van der Waals surface area contributed by atoms with E-state index in [9.17, 15) is 9.18 Å². The maximum atomic E-state index is 13.6. The summed E-state index contributed by atoms with van der Waals surface area (Å²) in [7, 11) is 1.16. The van der Waals surface area contributed by atoms with E-state index >= 15 is 0 Å². The lowest BCUT2D eigenvalue weighted by atomic mass is 10.0. The van der Waals surface area contributed by atoms with Crippen molar-refractivity contribution in [3.8, 4) is 0 Å². The van der Waals surface area contributed by atoms with Crippen molar-refractivity contribution in [2.24, 2.45) is 5.73 Å². The molecule has 2 unspecified atom stereocenters. The van der Waals surface area contributed by atoms with Crippen molar-refractivity contribution in [1.82, 2.24) is 0 Å². The summed E-state index contributed by atoms with van der Waals surface area (Å²) in [6, 6.07) is 4.73. The van der Waals surface area contributed by atoms with Crippen LogP contribution in [0.3, 0.4) is 0 Å². The zero-order valence-corrected chi connectivity index (χ0v) is 8.87. The number of methoxy groups -OCH3 is 1. The highest BCUT2D eigenvalue weighted by Gasteiger charge is 2.26. The second-order valence-electron chi connectivity index (χ2n) is 3.00. The number of carbonyl (C=O) groups is 1. The molecule has 2 N–H and O–H groups in total. The van der Waals surface area contributed by atoms with Gasteiger partial charge in [-0.05, 0) is 17.7 Å². The molecule has 0 amide bonds. The zero-order valence-electron chi connectivity index (χ0n) is 8.11. The minimum atomic E-state index is -1.59. The molecule has 2 atom stereocenters. The Hall–Kier alpha value is -1.13. The molecular weight excluding hydrogens is 221 g/mol. The van der Waals surface area contributed by atoms with Crippen LogP contribution in [0.15, 0.2) is 24.3 Å². The van der Waals surface area contributed by atoms with Crippen LogP contribution < -0.4 is 5.73 Å². The van der Waals surface area contributed by atoms with Crippen LogP contribution in [-0.2, 0) is 9.53 Å². The van der Waals surface area contributed by atoms with Crippen molar-refractivity contribution < 1.29 is 13.9 Å². The van der Waals surface area contributed by atoms with Crippen LogP contribution in [-0.4, -0.2) is 19.1 Å². The van der Waals surface area contributed by atoms with E-state index in [1.165, 1.54) is 24.3 Å². The largest absolute Gasteiger partial charge is 0.468 e. The molecule has 0 spiro atoms. The van der Waals surface area contributed by atoms with E-state index in [4.69, 9.17) is 17.3 Å². The average molecular weight is 232 g/mol. The molecule has 0 aliphatic rings. The van der Waals surface area contributed by atoms with Crippen LogP contribution in [0.4, 0.5) is 4.39 Å².